The van der Waals surface area contributed by atoms with Crippen molar-refractivity contribution in [3.8, 4) is 5.75 Å². The predicted molar refractivity (Wildman–Crippen MR) is 82.1 cm³/mol. The van der Waals surface area contributed by atoms with Crippen LogP contribution in [-0.2, 0) is 6.42 Å². The van der Waals surface area contributed by atoms with Crippen molar-refractivity contribution in [1.82, 2.24) is 5.32 Å². The maximum atomic E-state index is 12.3. The highest BCUT2D eigenvalue weighted by Gasteiger charge is 2.12. The molecule has 1 N–H and O–H groups in total. The average molecular weight is 311 g/mol. The van der Waals surface area contributed by atoms with Crippen molar-refractivity contribution < 1.29 is 13.5 Å². The van der Waals surface area contributed by atoms with E-state index in [2.05, 4.69) is 26.9 Å². The molecular formula is C16H19F2NOS. The van der Waals surface area contributed by atoms with Gasteiger partial charge >= 0.3 is 6.61 Å². The first-order valence-electron chi connectivity index (χ1n) is 6.98. The highest BCUT2D eigenvalue weighted by Crippen LogP contribution is 2.24. The summed E-state index contributed by atoms with van der Waals surface area (Å²) >= 11 is 1.69. The third-order valence-corrected chi connectivity index (χ3v) is 3.97. The molecule has 1 unspecified atom stereocenters. The zero-order valence-corrected chi connectivity index (χ0v) is 12.7. The number of rotatable bonds is 8. The summed E-state index contributed by atoms with van der Waals surface area (Å²) in [6, 6.07) is 9.19. The molecule has 2 aromatic rings. The quantitative estimate of drug-likeness (QED) is 0.767. The van der Waals surface area contributed by atoms with E-state index >= 15 is 0 Å². The third kappa shape index (κ3) is 5.10. The highest BCUT2D eigenvalue weighted by atomic mass is 32.1. The molecule has 0 aliphatic carbocycles. The van der Waals surface area contributed by atoms with E-state index in [0.29, 0.717) is 0 Å². The molecule has 1 aromatic heterocycles. The number of aryl methyl sites for hydroxylation is 1. The van der Waals surface area contributed by atoms with Crippen LogP contribution in [-0.4, -0.2) is 13.2 Å². The number of hydrogen-bond donors (Lipinski definition) is 1. The fourth-order valence-corrected chi connectivity index (χ4v) is 2.99. The monoisotopic (exact) mass is 311 g/mol. The molecule has 0 aliphatic heterocycles. The SMILES string of the molecule is CCNC(CCc1ccsc1)c1cccc(OC(F)F)c1. The van der Waals surface area contributed by atoms with Crippen LogP contribution in [0.4, 0.5) is 8.78 Å². The lowest BCUT2D eigenvalue weighted by atomic mass is 10.00. The first-order chi connectivity index (χ1) is 10.2. The van der Waals surface area contributed by atoms with Crippen molar-refractivity contribution in [3.63, 3.8) is 0 Å². The number of thiophene rings is 1. The zero-order chi connectivity index (χ0) is 15.1. The van der Waals surface area contributed by atoms with Crippen molar-refractivity contribution in [2.75, 3.05) is 6.54 Å². The third-order valence-electron chi connectivity index (χ3n) is 3.24. The normalized spacial score (nSPS) is 12.6. The van der Waals surface area contributed by atoms with Gasteiger partial charge in [-0.1, -0.05) is 19.1 Å². The van der Waals surface area contributed by atoms with E-state index in [1.54, 1.807) is 29.5 Å². The molecule has 114 valence electrons. The molecule has 2 nitrogen and oxygen atoms in total. The average Bonchev–Trinajstić information content (AvgIpc) is 2.96. The number of halogens is 2. The van der Waals surface area contributed by atoms with Gasteiger partial charge in [0.05, 0.1) is 0 Å². The fourth-order valence-electron chi connectivity index (χ4n) is 2.29. The Hall–Kier alpha value is -1.46. The van der Waals surface area contributed by atoms with Gasteiger partial charge in [-0.3, -0.25) is 0 Å². The van der Waals surface area contributed by atoms with E-state index in [1.165, 1.54) is 5.56 Å². The van der Waals surface area contributed by atoms with E-state index < -0.39 is 6.61 Å². The lowest BCUT2D eigenvalue weighted by Gasteiger charge is -2.19. The van der Waals surface area contributed by atoms with Crippen LogP contribution >= 0.6 is 11.3 Å². The van der Waals surface area contributed by atoms with Gasteiger partial charge in [-0.15, -0.1) is 0 Å². The first-order valence-corrected chi connectivity index (χ1v) is 7.92. The highest BCUT2D eigenvalue weighted by molar-refractivity contribution is 7.07. The molecule has 1 atom stereocenters. The maximum Gasteiger partial charge on any atom is 0.387 e. The summed E-state index contributed by atoms with van der Waals surface area (Å²) in [6.07, 6.45) is 1.88. The van der Waals surface area contributed by atoms with Gasteiger partial charge in [0.25, 0.3) is 0 Å². The van der Waals surface area contributed by atoms with Gasteiger partial charge in [-0.2, -0.15) is 20.1 Å². The van der Waals surface area contributed by atoms with Crippen molar-refractivity contribution in [2.45, 2.75) is 32.4 Å². The van der Waals surface area contributed by atoms with Crippen LogP contribution in [0.5, 0.6) is 5.75 Å². The van der Waals surface area contributed by atoms with Gasteiger partial charge < -0.3 is 10.1 Å². The second-order valence-corrected chi connectivity index (χ2v) is 5.51. The molecule has 0 aliphatic rings. The summed E-state index contributed by atoms with van der Waals surface area (Å²) in [7, 11) is 0. The van der Waals surface area contributed by atoms with E-state index in [1.807, 2.05) is 13.0 Å². The summed E-state index contributed by atoms with van der Waals surface area (Å²) in [5.41, 5.74) is 2.29. The van der Waals surface area contributed by atoms with E-state index in [-0.39, 0.29) is 11.8 Å². The molecule has 5 heteroatoms. The first kappa shape index (κ1) is 15.9. The fraction of sp³-hybridized carbons (Fsp3) is 0.375. The molecule has 0 saturated heterocycles. The van der Waals surface area contributed by atoms with Crippen molar-refractivity contribution in [2.24, 2.45) is 0 Å². The van der Waals surface area contributed by atoms with Crippen LogP contribution in [0, 0.1) is 0 Å². The van der Waals surface area contributed by atoms with Gasteiger partial charge in [0, 0.05) is 6.04 Å². The van der Waals surface area contributed by atoms with E-state index in [4.69, 9.17) is 0 Å². The maximum absolute atomic E-state index is 12.3. The smallest absolute Gasteiger partial charge is 0.387 e. The summed E-state index contributed by atoms with van der Waals surface area (Å²) in [6.45, 7) is 0.0781. The molecule has 0 radical (unpaired) electrons. The van der Waals surface area contributed by atoms with Crippen molar-refractivity contribution >= 4 is 11.3 Å². The van der Waals surface area contributed by atoms with Gasteiger partial charge in [0.1, 0.15) is 5.75 Å². The molecule has 0 amide bonds. The Balaban J connectivity index is 2.05. The van der Waals surface area contributed by atoms with Crippen molar-refractivity contribution in [3.05, 3.63) is 52.2 Å². The Morgan fingerprint density at radius 2 is 2.14 bits per heavy atom. The van der Waals surface area contributed by atoms with Crippen LogP contribution < -0.4 is 10.1 Å². The topological polar surface area (TPSA) is 21.3 Å². The lowest BCUT2D eigenvalue weighted by molar-refractivity contribution is -0.0499. The predicted octanol–water partition coefficient (Wildman–Crippen LogP) is 4.63. The lowest BCUT2D eigenvalue weighted by Crippen LogP contribution is -2.21. The molecule has 0 fully saturated rings. The number of alkyl halides is 2. The number of hydrogen-bond acceptors (Lipinski definition) is 3. The molecule has 2 rings (SSSR count). The van der Waals surface area contributed by atoms with Gasteiger partial charge in [-0.25, -0.2) is 0 Å². The summed E-state index contributed by atoms with van der Waals surface area (Å²) in [4.78, 5) is 0. The number of benzene rings is 1. The second-order valence-electron chi connectivity index (χ2n) is 4.73. The van der Waals surface area contributed by atoms with Crippen LogP contribution in [0.3, 0.4) is 0 Å². The minimum absolute atomic E-state index is 0.135. The summed E-state index contributed by atoms with van der Waals surface area (Å²) in [5, 5.41) is 7.60. The summed E-state index contributed by atoms with van der Waals surface area (Å²) < 4.78 is 29.1. The second kappa shape index (κ2) is 8.10. The molecule has 0 saturated carbocycles. The Morgan fingerprint density at radius 1 is 1.29 bits per heavy atom. The minimum atomic E-state index is -2.79. The molecule has 21 heavy (non-hydrogen) atoms. The molecule has 0 bridgehead atoms. The zero-order valence-electron chi connectivity index (χ0n) is 11.9. The Morgan fingerprint density at radius 3 is 2.81 bits per heavy atom. The van der Waals surface area contributed by atoms with E-state index in [0.717, 1.165) is 24.9 Å². The summed E-state index contributed by atoms with van der Waals surface area (Å²) in [5.74, 6) is 0.209. The van der Waals surface area contributed by atoms with Crippen LogP contribution in [0.1, 0.15) is 30.5 Å². The van der Waals surface area contributed by atoms with Crippen LogP contribution in [0.25, 0.3) is 0 Å². The number of nitrogens with one attached hydrogen (secondary N) is 1. The van der Waals surface area contributed by atoms with Crippen molar-refractivity contribution in [1.29, 1.82) is 0 Å². The molecule has 1 aromatic carbocycles. The number of ether oxygens (including phenoxy) is 1. The van der Waals surface area contributed by atoms with Gasteiger partial charge in [0.2, 0.25) is 0 Å². The standard InChI is InChI=1S/C16H19F2NOS/c1-2-19-15(7-6-12-8-9-21-11-12)13-4-3-5-14(10-13)20-16(17)18/h3-5,8-11,15-16,19H,2,6-7H2,1H3. The van der Waals surface area contributed by atoms with Crippen LogP contribution in [0.2, 0.25) is 0 Å². The molecular weight excluding hydrogens is 292 g/mol. The molecule has 0 spiro atoms. The Bertz CT molecular complexity index is 531. The largest absolute Gasteiger partial charge is 0.435 e. The Kier molecular flexibility index (Phi) is 6.14. The van der Waals surface area contributed by atoms with Crippen LogP contribution in [0.15, 0.2) is 41.1 Å². The van der Waals surface area contributed by atoms with Gasteiger partial charge in [0.15, 0.2) is 0 Å². The minimum Gasteiger partial charge on any atom is -0.435 e. The van der Waals surface area contributed by atoms with Gasteiger partial charge in [-0.05, 0) is 59.5 Å². The van der Waals surface area contributed by atoms with E-state index in [9.17, 15) is 8.78 Å². The molecule has 1 heterocycles. The Labute approximate surface area is 127 Å².